The van der Waals surface area contributed by atoms with E-state index in [1.54, 1.807) is 0 Å². The lowest BCUT2D eigenvalue weighted by molar-refractivity contribution is -0.139. The number of aryl methyl sites for hydroxylation is 1. The SMILES string of the molecule is CN1CCN([C@@H](CNC(=O)C(=O)NC[C@H]2CCCO2)c2ccc3c(c2)CCCN3C)CC1. The molecular formula is C24H37N5O3. The first kappa shape index (κ1) is 23.0. The van der Waals surface area contributed by atoms with Gasteiger partial charge in [-0.3, -0.25) is 14.5 Å². The van der Waals surface area contributed by atoms with Crippen LogP contribution in [0, 0.1) is 0 Å². The monoisotopic (exact) mass is 443 g/mol. The first-order valence-electron chi connectivity index (χ1n) is 12.0. The van der Waals surface area contributed by atoms with Crippen LogP contribution in [-0.4, -0.2) is 94.2 Å². The predicted molar refractivity (Wildman–Crippen MR) is 125 cm³/mol. The van der Waals surface area contributed by atoms with Crippen LogP contribution in [0.5, 0.6) is 0 Å². The number of anilines is 1. The van der Waals surface area contributed by atoms with Gasteiger partial charge in [0.05, 0.1) is 12.1 Å². The van der Waals surface area contributed by atoms with Crippen LogP contribution in [0.4, 0.5) is 5.69 Å². The van der Waals surface area contributed by atoms with Crippen molar-refractivity contribution >= 4 is 17.5 Å². The topological polar surface area (TPSA) is 77.1 Å². The molecule has 3 heterocycles. The molecule has 2 amide bonds. The molecule has 0 aliphatic carbocycles. The number of nitrogens with zero attached hydrogens (tertiary/aromatic N) is 3. The number of piperazine rings is 1. The van der Waals surface area contributed by atoms with Crippen LogP contribution in [-0.2, 0) is 20.7 Å². The highest BCUT2D eigenvalue weighted by Gasteiger charge is 2.27. The van der Waals surface area contributed by atoms with Gasteiger partial charge in [0.15, 0.2) is 0 Å². The molecule has 32 heavy (non-hydrogen) atoms. The number of carbonyl (C=O) groups is 2. The highest BCUT2D eigenvalue weighted by Crippen LogP contribution is 2.31. The molecule has 3 aliphatic rings. The van der Waals surface area contributed by atoms with E-state index in [0.717, 1.165) is 65.0 Å². The summed E-state index contributed by atoms with van der Waals surface area (Å²) in [6.45, 7) is 6.52. The minimum atomic E-state index is -0.579. The number of fused-ring (bicyclic) bond motifs is 1. The summed E-state index contributed by atoms with van der Waals surface area (Å²) in [5.41, 5.74) is 3.88. The van der Waals surface area contributed by atoms with E-state index in [4.69, 9.17) is 4.74 Å². The summed E-state index contributed by atoms with van der Waals surface area (Å²) < 4.78 is 5.52. The second kappa shape index (κ2) is 10.6. The Balaban J connectivity index is 1.41. The van der Waals surface area contributed by atoms with E-state index >= 15 is 0 Å². The van der Waals surface area contributed by atoms with Gasteiger partial charge in [-0.2, -0.15) is 0 Å². The van der Waals surface area contributed by atoms with Crippen molar-refractivity contribution in [1.82, 2.24) is 20.4 Å². The molecule has 0 spiro atoms. The molecule has 2 saturated heterocycles. The van der Waals surface area contributed by atoms with Crippen LogP contribution < -0.4 is 15.5 Å². The van der Waals surface area contributed by atoms with E-state index in [1.165, 1.54) is 16.8 Å². The molecule has 3 aliphatic heterocycles. The molecule has 1 aromatic rings. The van der Waals surface area contributed by atoms with Crippen molar-refractivity contribution in [1.29, 1.82) is 0 Å². The quantitative estimate of drug-likeness (QED) is 0.633. The van der Waals surface area contributed by atoms with Crippen molar-refractivity contribution in [3.8, 4) is 0 Å². The molecule has 0 radical (unpaired) electrons. The smallest absolute Gasteiger partial charge is 0.309 e. The van der Waals surface area contributed by atoms with Crippen LogP contribution in [0.15, 0.2) is 18.2 Å². The van der Waals surface area contributed by atoms with Crippen LogP contribution in [0.25, 0.3) is 0 Å². The minimum Gasteiger partial charge on any atom is -0.376 e. The van der Waals surface area contributed by atoms with Crippen molar-refractivity contribution in [3.63, 3.8) is 0 Å². The molecule has 8 nitrogen and oxygen atoms in total. The van der Waals surface area contributed by atoms with Gasteiger partial charge in [-0.25, -0.2) is 0 Å². The molecule has 2 fully saturated rings. The predicted octanol–water partition coefficient (Wildman–Crippen LogP) is 0.769. The minimum absolute atomic E-state index is 0.0264. The van der Waals surface area contributed by atoms with Crippen LogP contribution in [0.3, 0.4) is 0 Å². The molecule has 2 N–H and O–H groups in total. The maximum Gasteiger partial charge on any atom is 0.309 e. The number of hydrogen-bond acceptors (Lipinski definition) is 6. The number of nitrogens with one attached hydrogen (secondary N) is 2. The van der Waals surface area contributed by atoms with Gasteiger partial charge < -0.3 is 25.2 Å². The van der Waals surface area contributed by atoms with E-state index in [1.807, 2.05) is 0 Å². The zero-order chi connectivity index (χ0) is 22.5. The van der Waals surface area contributed by atoms with Gasteiger partial charge in [0.2, 0.25) is 0 Å². The zero-order valence-electron chi connectivity index (χ0n) is 19.4. The molecule has 0 saturated carbocycles. The van der Waals surface area contributed by atoms with Crippen molar-refractivity contribution < 1.29 is 14.3 Å². The summed E-state index contributed by atoms with van der Waals surface area (Å²) in [5.74, 6) is -1.15. The molecule has 4 rings (SSSR count). The molecule has 0 unspecified atom stereocenters. The molecule has 1 aromatic carbocycles. The summed E-state index contributed by atoms with van der Waals surface area (Å²) in [5, 5.41) is 5.61. The van der Waals surface area contributed by atoms with Crippen LogP contribution in [0.1, 0.15) is 36.4 Å². The average molecular weight is 444 g/mol. The number of amides is 2. The molecule has 0 aromatic heterocycles. The lowest BCUT2D eigenvalue weighted by Crippen LogP contribution is -2.50. The second-order valence-corrected chi connectivity index (χ2v) is 9.32. The number of carbonyl (C=O) groups excluding carboxylic acids is 2. The van der Waals surface area contributed by atoms with Crippen LogP contribution in [0.2, 0.25) is 0 Å². The lowest BCUT2D eigenvalue weighted by atomic mass is 9.95. The summed E-state index contributed by atoms with van der Waals surface area (Å²) in [6.07, 6.45) is 4.21. The molecule has 176 valence electrons. The fourth-order valence-corrected chi connectivity index (χ4v) is 4.97. The molecule has 8 heteroatoms. The standard InChI is InChI=1S/C24H37N5O3/c1-27-10-12-29(13-11-27)22(19-7-8-21-18(15-19)5-3-9-28(21)2)17-26-24(31)23(30)25-16-20-6-4-14-32-20/h7-8,15,20,22H,3-6,9-14,16-17H2,1-2H3,(H,25,30)(H,26,31)/t20-,22+/m1/s1. The summed E-state index contributed by atoms with van der Waals surface area (Å²) >= 11 is 0. The van der Waals surface area contributed by atoms with E-state index in [2.05, 4.69) is 57.6 Å². The fraction of sp³-hybridized carbons (Fsp3) is 0.667. The zero-order valence-corrected chi connectivity index (χ0v) is 19.4. The van der Waals surface area contributed by atoms with Crippen molar-refractivity contribution in [2.75, 3.05) is 71.4 Å². The Morgan fingerprint density at radius 3 is 2.59 bits per heavy atom. The third-order valence-corrected chi connectivity index (χ3v) is 6.99. The fourth-order valence-electron chi connectivity index (χ4n) is 4.97. The normalized spacial score (nSPS) is 22.9. The van der Waals surface area contributed by atoms with E-state index in [-0.39, 0.29) is 12.1 Å². The Hall–Kier alpha value is -2.16. The Labute approximate surface area is 191 Å². The highest BCUT2D eigenvalue weighted by atomic mass is 16.5. The number of rotatable bonds is 6. The third-order valence-electron chi connectivity index (χ3n) is 6.99. The number of benzene rings is 1. The number of hydrogen-bond donors (Lipinski definition) is 2. The number of ether oxygens (including phenoxy) is 1. The summed E-state index contributed by atoms with van der Waals surface area (Å²) in [4.78, 5) is 31.9. The Bertz CT molecular complexity index is 803. The molecule has 2 atom stereocenters. The van der Waals surface area contributed by atoms with Gasteiger partial charge in [-0.15, -0.1) is 0 Å². The van der Waals surface area contributed by atoms with Crippen molar-refractivity contribution in [3.05, 3.63) is 29.3 Å². The van der Waals surface area contributed by atoms with Gasteiger partial charge >= 0.3 is 11.8 Å². The van der Waals surface area contributed by atoms with E-state index in [9.17, 15) is 9.59 Å². The maximum absolute atomic E-state index is 12.5. The second-order valence-electron chi connectivity index (χ2n) is 9.32. The third kappa shape index (κ3) is 5.60. The average Bonchev–Trinajstić information content (AvgIpc) is 3.32. The van der Waals surface area contributed by atoms with Crippen molar-refractivity contribution in [2.45, 2.75) is 37.8 Å². The Morgan fingerprint density at radius 2 is 1.84 bits per heavy atom. The largest absolute Gasteiger partial charge is 0.376 e. The Morgan fingerprint density at radius 1 is 1.06 bits per heavy atom. The van der Waals surface area contributed by atoms with Crippen molar-refractivity contribution in [2.24, 2.45) is 0 Å². The van der Waals surface area contributed by atoms with Gasteiger partial charge in [0.25, 0.3) is 0 Å². The maximum atomic E-state index is 12.5. The number of likely N-dealkylation sites (N-methyl/N-ethyl adjacent to an activating group) is 1. The molecule has 0 bridgehead atoms. The van der Waals surface area contributed by atoms with E-state index in [0.29, 0.717) is 13.1 Å². The van der Waals surface area contributed by atoms with E-state index < -0.39 is 11.8 Å². The first-order chi connectivity index (χ1) is 15.5. The van der Waals surface area contributed by atoms with Gasteiger partial charge in [0.1, 0.15) is 0 Å². The summed E-state index contributed by atoms with van der Waals surface area (Å²) in [6, 6.07) is 6.75. The van der Waals surface area contributed by atoms with Gasteiger partial charge in [0, 0.05) is 65.2 Å². The Kier molecular flexibility index (Phi) is 7.65. The summed E-state index contributed by atoms with van der Waals surface area (Å²) in [7, 11) is 4.28. The highest BCUT2D eigenvalue weighted by molar-refractivity contribution is 6.35. The van der Waals surface area contributed by atoms with Gasteiger partial charge in [-0.1, -0.05) is 12.1 Å². The van der Waals surface area contributed by atoms with Crippen LogP contribution >= 0.6 is 0 Å². The van der Waals surface area contributed by atoms with Gasteiger partial charge in [-0.05, 0) is 49.9 Å². The molecular weight excluding hydrogens is 406 g/mol. The lowest BCUT2D eigenvalue weighted by Gasteiger charge is -2.39. The first-order valence-corrected chi connectivity index (χ1v) is 12.0.